The molecule has 14 nitrogen and oxygen atoms in total. The van der Waals surface area contributed by atoms with Crippen molar-refractivity contribution in [2.24, 2.45) is 17.8 Å². The Labute approximate surface area is 408 Å². The number of esters is 2. The maximum atomic E-state index is 12.3. The minimum atomic E-state index is -1.37. The van der Waals surface area contributed by atoms with Crippen LogP contribution in [0, 0.1) is 17.8 Å². The van der Waals surface area contributed by atoms with Crippen LogP contribution in [0.25, 0.3) is 0 Å². The van der Waals surface area contributed by atoms with Gasteiger partial charge in [-0.05, 0) is 105 Å². The summed E-state index contributed by atoms with van der Waals surface area (Å²) in [6.07, 6.45) is 6.42. The Hall–Kier alpha value is -3.96. The van der Waals surface area contributed by atoms with Crippen LogP contribution in [0.5, 0.6) is 0 Å². The normalized spacial score (nSPS) is 20.5. The number of amides is 2. The second kappa shape index (κ2) is 34.4. The van der Waals surface area contributed by atoms with Gasteiger partial charge in [0, 0.05) is 19.1 Å². The summed E-state index contributed by atoms with van der Waals surface area (Å²) in [7, 11) is 0. The molecule has 3 aliphatic heterocycles. The zero-order valence-corrected chi connectivity index (χ0v) is 38.6. The molecule has 344 valence electrons. The molecule has 3 saturated heterocycles. The maximum Gasteiger partial charge on any atom is 1.00 e. The molecule has 3 fully saturated rings. The molecular weight excluding hydrogens is 832 g/mol. The number of hydrogen-bond acceptors (Lipinski definition) is 10. The average molecular weight is 899 g/mol. The third-order valence-electron chi connectivity index (χ3n) is 10.5. The minimum Gasteiger partial charge on any atom is -0.870 e. The van der Waals surface area contributed by atoms with Crippen LogP contribution < -0.4 is 43.0 Å². The molecule has 6 rings (SSSR count). The van der Waals surface area contributed by atoms with Crippen molar-refractivity contribution in [1.82, 2.24) is 15.1 Å². The Kier molecular flexibility index (Phi) is 34.6. The molecule has 3 aliphatic rings. The first-order valence-corrected chi connectivity index (χ1v) is 20.9. The second-order valence-electron chi connectivity index (χ2n) is 15.2. The molecule has 0 radical (unpaired) electrons. The summed E-state index contributed by atoms with van der Waals surface area (Å²) in [6.45, 7) is 12.5. The number of piperidine rings is 3. The monoisotopic (exact) mass is 898 g/mol. The van der Waals surface area contributed by atoms with Gasteiger partial charge in [0.1, 0.15) is 0 Å². The van der Waals surface area contributed by atoms with Crippen molar-refractivity contribution in [1.29, 1.82) is 0 Å². The number of likely N-dealkylation sites (tertiary alicyclic amines) is 2. The van der Waals surface area contributed by atoms with Crippen molar-refractivity contribution in [2.45, 2.75) is 98.7 Å². The molecule has 3 aromatic carbocycles. The zero-order valence-electron chi connectivity index (χ0n) is 37.8. The van der Waals surface area contributed by atoms with Gasteiger partial charge in [-0.3, -0.25) is 14.4 Å². The summed E-state index contributed by atoms with van der Waals surface area (Å²) >= 11 is 4.69. The van der Waals surface area contributed by atoms with E-state index < -0.39 is 35.0 Å². The van der Waals surface area contributed by atoms with Crippen molar-refractivity contribution < 1.29 is 92.0 Å². The largest absolute Gasteiger partial charge is 1.00 e. The Morgan fingerprint density at radius 1 is 0.609 bits per heavy atom. The second-order valence-corrected chi connectivity index (χ2v) is 15.6. The van der Waals surface area contributed by atoms with Crippen LogP contribution in [0.1, 0.15) is 115 Å². The number of halogens is 1. The molecule has 5 N–H and O–H groups in total. The number of carbonyl (C=O) groups excluding carboxylic acids is 5. The first kappa shape index (κ1) is 64.3. The van der Waals surface area contributed by atoms with Crippen molar-refractivity contribution in [3.05, 3.63) is 108 Å². The molecule has 6 unspecified atom stereocenters. The third kappa shape index (κ3) is 21.4. The topological polar surface area (TPSA) is 221 Å². The number of carboxylic acids is 1. The smallest absolute Gasteiger partial charge is 0.870 e. The van der Waals surface area contributed by atoms with Crippen molar-refractivity contribution in [3.8, 4) is 0 Å². The van der Waals surface area contributed by atoms with Gasteiger partial charge in [0.25, 0.3) is 0 Å². The Balaban J connectivity index is -0.000000787. The molecule has 0 spiro atoms. The molecule has 64 heavy (non-hydrogen) atoms. The van der Waals surface area contributed by atoms with Gasteiger partial charge in [0.2, 0.25) is 0 Å². The molecule has 0 aromatic heterocycles. The Bertz CT molecular complexity index is 1790. The van der Waals surface area contributed by atoms with Crippen LogP contribution in [-0.2, 0) is 38.2 Å². The van der Waals surface area contributed by atoms with Gasteiger partial charge in [-0.1, -0.05) is 119 Å². The fourth-order valence-corrected chi connectivity index (χ4v) is 7.44. The van der Waals surface area contributed by atoms with Gasteiger partial charge in [-0.25, -0.2) is 14.4 Å². The molecule has 2 amide bonds. The van der Waals surface area contributed by atoms with E-state index in [1.54, 1.807) is 18.7 Å². The summed E-state index contributed by atoms with van der Waals surface area (Å²) in [5.74, 6) is -2.81. The van der Waals surface area contributed by atoms with Crippen molar-refractivity contribution in [3.63, 3.8) is 0 Å². The van der Waals surface area contributed by atoms with E-state index in [0.29, 0.717) is 31.0 Å². The number of carboxylic acid groups (broad SMARTS) is 1. The van der Waals surface area contributed by atoms with E-state index in [1.165, 1.54) is 29.8 Å². The zero-order chi connectivity index (χ0) is 43.3. The van der Waals surface area contributed by atoms with Crippen molar-refractivity contribution >= 4 is 46.6 Å². The van der Waals surface area contributed by atoms with Gasteiger partial charge in [0.05, 0.1) is 25.3 Å². The fraction of sp³-hybridized carbons (Fsp3) is 0.489. The van der Waals surface area contributed by atoms with Crippen LogP contribution >= 0.6 is 11.6 Å². The van der Waals surface area contributed by atoms with Crippen molar-refractivity contribution in [2.75, 3.05) is 32.8 Å². The molecule has 3 aromatic rings. The molecular formula is C47H67ClLi2N3O11+. The maximum absolute atomic E-state index is 12.3. The standard InChI is InChI=1S/C16H21NO3.C14H17NO3.C12H17N.C4H5ClO3.CH4.2Li.2H2O/c1-3-20-16(19)15(18)17-11-12(2)9-10-14(17)13-7-5-4-6-8-13;1-10-7-8-12(11-5-3-2-4-6-11)15(9-10)13(16)14(17)18;1-10-7-8-12(13-9-10)11-5-3-2-4-6-11;1-2-8-4(7)3(5)6;;;;;/h4-8,12,14H,3,9-11H2,1-2H3;2-6,10,12H,7-9H2,1H3,(H,17,18);2-6,10,12-13H,7-9H2,1H3;2H2,1H3;1H4;;;2*1H2/q;;;;;2*+1;;/p-1. The fourth-order valence-electron chi connectivity index (χ4n) is 7.39. The number of aliphatic carboxylic acids is 1. The summed E-state index contributed by atoms with van der Waals surface area (Å²) in [5.41, 5.74) is 3.53. The number of carbonyl (C=O) groups is 6. The van der Waals surface area contributed by atoms with E-state index in [9.17, 15) is 28.8 Å². The van der Waals surface area contributed by atoms with Crippen LogP contribution in [-0.4, -0.2) is 93.7 Å². The van der Waals surface area contributed by atoms with E-state index in [-0.39, 0.29) is 81.4 Å². The Morgan fingerprint density at radius 3 is 1.33 bits per heavy atom. The molecule has 3 heterocycles. The minimum absolute atomic E-state index is 0. The molecule has 0 saturated carbocycles. The van der Waals surface area contributed by atoms with Gasteiger partial charge in [-0.15, -0.1) is 0 Å². The van der Waals surface area contributed by atoms with E-state index in [4.69, 9.17) is 21.4 Å². The molecule has 0 bridgehead atoms. The van der Waals surface area contributed by atoms with Crippen LogP contribution in [0.15, 0.2) is 91.0 Å². The van der Waals surface area contributed by atoms with E-state index in [2.05, 4.69) is 54.2 Å². The first-order valence-electron chi connectivity index (χ1n) is 20.5. The average Bonchev–Trinajstić information content (AvgIpc) is 3.25. The molecule has 6 atom stereocenters. The summed E-state index contributed by atoms with van der Waals surface area (Å²) in [6, 6.07) is 30.7. The predicted octanol–water partition coefficient (Wildman–Crippen LogP) is 1.32. The van der Waals surface area contributed by atoms with Crippen LogP contribution in [0.2, 0.25) is 0 Å². The van der Waals surface area contributed by atoms with Crippen LogP contribution in [0.3, 0.4) is 0 Å². The summed E-state index contributed by atoms with van der Waals surface area (Å²) in [4.78, 5) is 69.6. The number of nitrogens with one attached hydrogen (secondary N) is 1. The van der Waals surface area contributed by atoms with Gasteiger partial charge in [-0.2, -0.15) is 0 Å². The molecule has 0 aliphatic carbocycles. The number of rotatable bonds is 6. The van der Waals surface area contributed by atoms with Gasteiger partial charge in [0.15, 0.2) is 0 Å². The first-order chi connectivity index (χ1) is 28.3. The number of ether oxygens (including phenoxy) is 2. The molecule has 17 heteroatoms. The van der Waals surface area contributed by atoms with Gasteiger partial charge < -0.3 is 40.6 Å². The number of nitrogens with zero attached hydrogens (tertiary/aromatic N) is 2. The summed E-state index contributed by atoms with van der Waals surface area (Å²) < 4.78 is 9.03. The van der Waals surface area contributed by atoms with E-state index in [1.807, 2.05) is 67.6 Å². The van der Waals surface area contributed by atoms with Gasteiger partial charge >= 0.3 is 72.7 Å². The van der Waals surface area contributed by atoms with Crippen LogP contribution in [0.4, 0.5) is 0 Å². The van der Waals surface area contributed by atoms with E-state index >= 15 is 0 Å². The van der Waals surface area contributed by atoms with E-state index in [0.717, 1.165) is 42.7 Å². The number of benzene rings is 3. The summed E-state index contributed by atoms with van der Waals surface area (Å²) in [5, 5.41) is 11.4. The Morgan fingerprint density at radius 2 is 0.984 bits per heavy atom. The quantitative estimate of drug-likeness (QED) is 0.156. The SMILES string of the molecule is C.CC1CCC(c2ccccc2)N(C(=O)C(=O)O)C1.CC1CCC(c2ccccc2)NC1.CCOC(=O)C(=O)Cl.CCOC(=O)C(=O)N1CC(C)CCC1c1ccccc1.O.[Li+].[Li+].[OH-]. The third-order valence-corrected chi connectivity index (χ3v) is 10.6. The number of hydrogen-bond donors (Lipinski definition) is 2. The predicted molar refractivity (Wildman–Crippen MR) is 238 cm³/mol.